The Hall–Kier alpha value is -0.390. The van der Waals surface area contributed by atoms with Crippen molar-refractivity contribution in [3.05, 3.63) is 20.3 Å². The number of hydrogen-bond donors (Lipinski definition) is 1. The Bertz CT molecular complexity index is 348. The lowest BCUT2D eigenvalue weighted by atomic mass is 10.2. The molecule has 15 heavy (non-hydrogen) atoms. The van der Waals surface area contributed by atoms with Gasteiger partial charge in [0.2, 0.25) is 0 Å². The molecule has 5 heteroatoms. The fourth-order valence-electron chi connectivity index (χ4n) is 0.822. The number of nitrogens with one attached hydrogen (secondary N) is 1. The Balaban J connectivity index is 2.62. The molecule has 0 unspecified atom stereocenters. The largest absolute Gasteiger partial charge is 0.284 e. The number of hydroxylamine groups is 1. The SMILES string of the molecule is Cc1cc(C(=O)NOC(C)(C)C)sc1Br. The van der Waals surface area contributed by atoms with Crippen LogP contribution in [-0.2, 0) is 4.84 Å². The second-order valence-corrected chi connectivity index (χ2v) is 6.58. The Morgan fingerprint density at radius 2 is 2.13 bits per heavy atom. The molecule has 1 N–H and O–H groups in total. The molecule has 0 bridgehead atoms. The van der Waals surface area contributed by atoms with E-state index in [0.717, 1.165) is 9.35 Å². The third-order valence-corrected chi connectivity index (χ3v) is 3.67. The summed E-state index contributed by atoms with van der Waals surface area (Å²) < 4.78 is 0.975. The summed E-state index contributed by atoms with van der Waals surface area (Å²) in [5.41, 5.74) is 3.11. The van der Waals surface area contributed by atoms with Crippen molar-refractivity contribution in [3.8, 4) is 0 Å². The molecule has 0 radical (unpaired) electrons. The molecule has 0 aliphatic rings. The molecular weight excluding hydrogens is 278 g/mol. The molecule has 1 heterocycles. The highest BCUT2D eigenvalue weighted by Crippen LogP contribution is 2.27. The van der Waals surface area contributed by atoms with Crippen molar-refractivity contribution in [2.75, 3.05) is 0 Å². The van der Waals surface area contributed by atoms with E-state index in [-0.39, 0.29) is 11.5 Å². The molecule has 1 rings (SSSR count). The summed E-state index contributed by atoms with van der Waals surface area (Å²) in [6.07, 6.45) is 0. The van der Waals surface area contributed by atoms with Gasteiger partial charge < -0.3 is 0 Å². The predicted molar refractivity (Wildman–Crippen MR) is 65.1 cm³/mol. The van der Waals surface area contributed by atoms with Crippen LogP contribution in [0.1, 0.15) is 36.0 Å². The number of aryl methyl sites for hydroxylation is 1. The van der Waals surface area contributed by atoms with Crippen LogP contribution in [0.5, 0.6) is 0 Å². The van der Waals surface area contributed by atoms with Gasteiger partial charge in [0.25, 0.3) is 5.91 Å². The van der Waals surface area contributed by atoms with Crippen molar-refractivity contribution in [2.45, 2.75) is 33.3 Å². The number of rotatable bonds is 2. The van der Waals surface area contributed by atoms with E-state index in [2.05, 4.69) is 21.4 Å². The minimum atomic E-state index is -0.376. The Morgan fingerprint density at radius 1 is 1.53 bits per heavy atom. The molecule has 1 amide bonds. The highest BCUT2D eigenvalue weighted by Gasteiger charge is 2.15. The highest BCUT2D eigenvalue weighted by molar-refractivity contribution is 9.11. The van der Waals surface area contributed by atoms with Crippen molar-refractivity contribution in [2.24, 2.45) is 0 Å². The van der Waals surface area contributed by atoms with E-state index in [1.165, 1.54) is 11.3 Å². The van der Waals surface area contributed by atoms with Crippen molar-refractivity contribution in [3.63, 3.8) is 0 Å². The van der Waals surface area contributed by atoms with Crippen LogP contribution in [0.4, 0.5) is 0 Å². The van der Waals surface area contributed by atoms with Crippen LogP contribution >= 0.6 is 27.3 Å². The molecule has 0 saturated carbocycles. The molecule has 1 aromatic heterocycles. The van der Waals surface area contributed by atoms with Crippen LogP contribution < -0.4 is 5.48 Å². The van der Waals surface area contributed by atoms with Gasteiger partial charge in [-0.2, -0.15) is 0 Å². The fourth-order valence-corrected chi connectivity index (χ4v) is 2.24. The maximum atomic E-state index is 11.6. The van der Waals surface area contributed by atoms with Gasteiger partial charge in [-0.15, -0.1) is 11.3 Å². The van der Waals surface area contributed by atoms with E-state index in [1.807, 2.05) is 33.8 Å². The van der Waals surface area contributed by atoms with Gasteiger partial charge in [0.05, 0.1) is 14.3 Å². The molecule has 0 spiro atoms. The number of halogens is 1. The molecule has 0 aromatic carbocycles. The first-order chi connectivity index (χ1) is 6.79. The first-order valence-corrected chi connectivity index (χ1v) is 6.15. The topological polar surface area (TPSA) is 38.3 Å². The van der Waals surface area contributed by atoms with Crippen LogP contribution in [-0.4, -0.2) is 11.5 Å². The normalized spacial score (nSPS) is 11.5. The van der Waals surface area contributed by atoms with Gasteiger partial charge in [-0.25, -0.2) is 5.48 Å². The molecule has 3 nitrogen and oxygen atoms in total. The summed E-state index contributed by atoms with van der Waals surface area (Å²) >= 11 is 4.77. The molecule has 0 saturated heterocycles. The van der Waals surface area contributed by atoms with Crippen LogP contribution in [0.15, 0.2) is 9.85 Å². The zero-order valence-corrected chi connectivity index (χ0v) is 11.6. The third kappa shape index (κ3) is 3.93. The monoisotopic (exact) mass is 291 g/mol. The van der Waals surface area contributed by atoms with E-state index in [0.29, 0.717) is 4.88 Å². The van der Waals surface area contributed by atoms with Crippen LogP contribution in [0.2, 0.25) is 0 Å². The molecule has 0 atom stereocenters. The summed E-state index contributed by atoms with van der Waals surface area (Å²) in [6.45, 7) is 7.58. The van der Waals surface area contributed by atoms with Crippen molar-refractivity contribution >= 4 is 33.2 Å². The van der Waals surface area contributed by atoms with Gasteiger partial charge in [-0.05, 0) is 55.3 Å². The Kier molecular flexibility index (Phi) is 3.92. The molecule has 0 aliphatic carbocycles. The summed E-state index contributed by atoms with van der Waals surface area (Å²) in [7, 11) is 0. The number of carbonyl (C=O) groups is 1. The molecule has 84 valence electrons. The minimum Gasteiger partial charge on any atom is -0.268 e. The Labute approximate surface area is 102 Å². The number of hydrogen-bond acceptors (Lipinski definition) is 3. The van der Waals surface area contributed by atoms with Gasteiger partial charge in [0, 0.05) is 0 Å². The lowest BCUT2D eigenvalue weighted by Crippen LogP contribution is -2.33. The van der Waals surface area contributed by atoms with Crippen LogP contribution in [0.3, 0.4) is 0 Å². The number of amides is 1. The second-order valence-electron chi connectivity index (χ2n) is 4.21. The molecule has 0 aliphatic heterocycles. The van der Waals surface area contributed by atoms with Crippen molar-refractivity contribution < 1.29 is 9.63 Å². The molecule has 1 aromatic rings. The Morgan fingerprint density at radius 3 is 2.53 bits per heavy atom. The second kappa shape index (κ2) is 4.63. The van der Waals surface area contributed by atoms with E-state index < -0.39 is 0 Å². The van der Waals surface area contributed by atoms with Gasteiger partial charge in [-0.1, -0.05) is 0 Å². The van der Waals surface area contributed by atoms with E-state index in [9.17, 15) is 4.79 Å². The van der Waals surface area contributed by atoms with Crippen LogP contribution in [0.25, 0.3) is 0 Å². The first-order valence-electron chi connectivity index (χ1n) is 4.54. The fraction of sp³-hybridized carbons (Fsp3) is 0.500. The minimum absolute atomic E-state index is 0.205. The van der Waals surface area contributed by atoms with E-state index in [1.54, 1.807) is 0 Å². The predicted octanol–water partition coefficient (Wildman–Crippen LogP) is 3.28. The maximum Gasteiger partial charge on any atom is 0.284 e. The third-order valence-electron chi connectivity index (χ3n) is 1.53. The zero-order valence-electron chi connectivity index (χ0n) is 9.18. The van der Waals surface area contributed by atoms with Gasteiger partial charge in [-0.3, -0.25) is 9.63 Å². The lowest BCUT2D eigenvalue weighted by molar-refractivity contribution is -0.0588. The number of thiophene rings is 1. The standard InChI is InChI=1S/C10H14BrNO2S/c1-6-5-7(15-8(6)11)9(13)12-14-10(2,3)4/h5H,1-4H3,(H,12,13). The van der Waals surface area contributed by atoms with E-state index >= 15 is 0 Å². The van der Waals surface area contributed by atoms with Crippen LogP contribution in [0, 0.1) is 6.92 Å². The molecular formula is C10H14BrNO2S. The van der Waals surface area contributed by atoms with Gasteiger partial charge in [0.1, 0.15) is 0 Å². The summed E-state index contributed by atoms with van der Waals surface area (Å²) in [5, 5.41) is 0. The average Bonchev–Trinajstić information content (AvgIpc) is 2.42. The average molecular weight is 292 g/mol. The summed E-state index contributed by atoms with van der Waals surface area (Å²) in [4.78, 5) is 17.4. The number of carbonyl (C=O) groups excluding carboxylic acids is 1. The van der Waals surface area contributed by atoms with E-state index in [4.69, 9.17) is 4.84 Å². The maximum absolute atomic E-state index is 11.6. The van der Waals surface area contributed by atoms with Gasteiger partial charge in [0.15, 0.2) is 0 Å². The van der Waals surface area contributed by atoms with Gasteiger partial charge >= 0.3 is 0 Å². The molecule has 0 fully saturated rings. The van der Waals surface area contributed by atoms with Crippen molar-refractivity contribution in [1.82, 2.24) is 5.48 Å². The summed E-state index contributed by atoms with van der Waals surface area (Å²) in [5.74, 6) is -0.205. The first kappa shape index (κ1) is 12.7. The lowest BCUT2D eigenvalue weighted by Gasteiger charge is -2.18. The smallest absolute Gasteiger partial charge is 0.268 e. The van der Waals surface area contributed by atoms with Crippen molar-refractivity contribution in [1.29, 1.82) is 0 Å². The summed E-state index contributed by atoms with van der Waals surface area (Å²) in [6, 6.07) is 1.83. The quantitative estimate of drug-likeness (QED) is 0.850. The highest BCUT2D eigenvalue weighted by atomic mass is 79.9. The zero-order chi connectivity index (χ0) is 11.6.